The minimum Gasteiger partial charge on any atom is -0.488 e. The number of carbonyl (C=O) groups excluding carboxylic acids is 1. The number of nitrogens with zero attached hydrogens (tertiary/aromatic N) is 5. The first-order chi connectivity index (χ1) is 22.1. The van der Waals surface area contributed by atoms with Crippen LogP contribution < -0.4 is 15.3 Å². The normalized spacial score (nSPS) is 26.0. The highest BCUT2D eigenvalue weighted by molar-refractivity contribution is 6.35. The molecule has 0 N–H and O–H groups in total. The number of anilines is 1. The fraction of sp³-hybridized carbons (Fsp3) is 0.500. The molecule has 3 aromatic rings. The number of ether oxygens (including phenoxy) is 2. The molecule has 244 valence electrons. The van der Waals surface area contributed by atoms with Gasteiger partial charge in [0, 0.05) is 60.8 Å². The van der Waals surface area contributed by atoms with E-state index in [9.17, 15) is 14.0 Å². The van der Waals surface area contributed by atoms with Crippen LogP contribution in [0.3, 0.4) is 0 Å². The zero-order valence-electron chi connectivity index (χ0n) is 26.1. The van der Waals surface area contributed by atoms with Gasteiger partial charge < -0.3 is 19.3 Å². The van der Waals surface area contributed by atoms with E-state index in [0.29, 0.717) is 48.4 Å². The predicted molar refractivity (Wildman–Crippen MR) is 173 cm³/mol. The molecule has 2 unspecified atom stereocenters. The summed E-state index contributed by atoms with van der Waals surface area (Å²) in [4.78, 5) is 37.4. The topological polar surface area (TPSA) is 80.1 Å². The van der Waals surface area contributed by atoms with Crippen molar-refractivity contribution in [3.63, 3.8) is 0 Å². The number of aromatic nitrogens is 2. The van der Waals surface area contributed by atoms with Crippen LogP contribution in [-0.2, 0) is 9.53 Å². The molecule has 1 amide bonds. The number of rotatable bonds is 7. The van der Waals surface area contributed by atoms with Crippen LogP contribution in [0.4, 0.5) is 14.6 Å². The second-order valence-corrected chi connectivity index (χ2v) is 13.4. The Bertz CT molecular complexity index is 1760. The molecule has 46 heavy (non-hydrogen) atoms. The molecule has 2 bridgehead atoms. The summed E-state index contributed by atoms with van der Waals surface area (Å²) in [7, 11) is 0. The van der Waals surface area contributed by atoms with Crippen LogP contribution >= 0.6 is 11.6 Å². The molecule has 4 aliphatic rings. The third-order valence-corrected chi connectivity index (χ3v) is 10.2. The lowest BCUT2D eigenvalue weighted by molar-refractivity contribution is -0.128. The molecule has 5 heterocycles. The van der Waals surface area contributed by atoms with E-state index in [1.165, 1.54) is 18.2 Å². The highest BCUT2D eigenvalue weighted by atomic mass is 35.5. The standard InChI is InChI=1S/C34H38ClF2N5O4/c1-4-29(43)40-14-20(3)41(15-19(40)2)33-26-13-27(35)30(25-10-7-21(36)12-28(25)37)32-31(26)42(34(44)38-33)22(18-45-32)6-5-11-39-16-23-8-9-24(17-39)46-23/h4,7,10,12-13,19-20,22-24H,1,5-6,8-9,11,14-18H2,2-3H3/t19-,20+,22-,23?,24?/m1/s1. The average molecular weight is 654 g/mol. The lowest BCUT2D eigenvalue weighted by atomic mass is 9.98. The Morgan fingerprint density at radius 3 is 2.59 bits per heavy atom. The van der Waals surface area contributed by atoms with Gasteiger partial charge in [-0.05, 0) is 70.4 Å². The molecule has 1 aromatic heterocycles. The van der Waals surface area contributed by atoms with Gasteiger partial charge in [0.1, 0.15) is 24.1 Å². The van der Waals surface area contributed by atoms with E-state index in [4.69, 9.17) is 21.1 Å². The van der Waals surface area contributed by atoms with Crippen LogP contribution in [0.15, 0.2) is 41.7 Å². The van der Waals surface area contributed by atoms with Gasteiger partial charge in [-0.1, -0.05) is 18.2 Å². The minimum atomic E-state index is -0.781. The maximum absolute atomic E-state index is 15.2. The summed E-state index contributed by atoms with van der Waals surface area (Å²) in [6, 6.07) is 4.37. The second kappa shape index (κ2) is 12.2. The summed E-state index contributed by atoms with van der Waals surface area (Å²) >= 11 is 6.89. The van der Waals surface area contributed by atoms with E-state index in [-0.39, 0.29) is 52.5 Å². The number of halogens is 3. The highest BCUT2D eigenvalue weighted by Crippen LogP contribution is 2.47. The zero-order chi connectivity index (χ0) is 32.3. The Morgan fingerprint density at radius 1 is 1.11 bits per heavy atom. The Hall–Kier alpha value is -3.54. The quantitative estimate of drug-likeness (QED) is 0.325. The average Bonchev–Trinajstić information content (AvgIpc) is 3.37. The lowest BCUT2D eigenvalue weighted by Crippen LogP contribution is -2.58. The highest BCUT2D eigenvalue weighted by Gasteiger charge is 2.37. The van der Waals surface area contributed by atoms with Crippen LogP contribution in [0.2, 0.25) is 5.02 Å². The van der Waals surface area contributed by atoms with Crippen molar-refractivity contribution >= 4 is 34.2 Å². The summed E-state index contributed by atoms with van der Waals surface area (Å²) in [6.45, 7) is 11.3. The van der Waals surface area contributed by atoms with E-state index >= 15 is 4.39 Å². The molecule has 4 aliphatic heterocycles. The third-order valence-electron chi connectivity index (χ3n) is 9.93. The first-order valence-corrected chi connectivity index (χ1v) is 16.4. The van der Waals surface area contributed by atoms with Crippen molar-refractivity contribution < 1.29 is 23.0 Å². The Balaban J connectivity index is 1.30. The summed E-state index contributed by atoms with van der Waals surface area (Å²) in [6.07, 6.45) is 5.66. The molecule has 3 fully saturated rings. The minimum absolute atomic E-state index is 0.0830. The van der Waals surface area contributed by atoms with Gasteiger partial charge in [0.15, 0.2) is 5.75 Å². The Morgan fingerprint density at radius 2 is 1.87 bits per heavy atom. The van der Waals surface area contributed by atoms with Gasteiger partial charge in [-0.15, -0.1) is 0 Å². The fourth-order valence-corrected chi connectivity index (χ4v) is 8.01. The van der Waals surface area contributed by atoms with Crippen molar-refractivity contribution in [3.05, 3.63) is 64.1 Å². The smallest absolute Gasteiger partial charge is 0.350 e. The molecule has 0 aliphatic carbocycles. The molecule has 0 saturated carbocycles. The number of morpholine rings is 1. The number of amides is 1. The number of hydrogen-bond donors (Lipinski definition) is 0. The summed E-state index contributed by atoms with van der Waals surface area (Å²) in [5.74, 6) is -0.934. The van der Waals surface area contributed by atoms with Gasteiger partial charge >= 0.3 is 5.69 Å². The van der Waals surface area contributed by atoms with Crippen molar-refractivity contribution in [2.45, 2.75) is 69.9 Å². The first-order valence-electron chi connectivity index (χ1n) is 16.1. The van der Waals surface area contributed by atoms with E-state index < -0.39 is 17.3 Å². The molecule has 9 nitrogen and oxygen atoms in total. The number of carbonyl (C=O) groups is 1. The van der Waals surface area contributed by atoms with Crippen molar-refractivity contribution in [3.8, 4) is 16.9 Å². The van der Waals surface area contributed by atoms with E-state index in [1.54, 1.807) is 15.5 Å². The van der Waals surface area contributed by atoms with Crippen LogP contribution in [0.5, 0.6) is 5.75 Å². The molecule has 0 radical (unpaired) electrons. The van der Waals surface area contributed by atoms with Gasteiger partial charge in [0.25, 0.3) is 0 Å². The number of likely N-dealkylation sites (tertiary alicyclic amines) is 1. The number of benzene rings is 2. The van der Waals surface area contributed by atoms with Crippen LogP contribution in [0.25, 0.3) is 22.0 Å². The van der Waals surface area contributed by atoms with Crippen molar-refractivity contribution in [2.75, 3.05) is 44.2 Å². The number of hydrogen-bond acceptors (Lipinski definition) is 7. The monoisotopic (exact) mass is 653 g/mol. The molecular formula is C34H38ClF2N5O4. The molecule has 3 saturated heterocycles. The summed E-state index contributed by atoms with van der Waals surface area (Å²) in [5, 5.41) is 0.797. The summed E-state index contributed by atoms with van der Waals surface area (Å²) < 4.78 is 43.2. The lowest BCUT2D eigenvalue weighted by Gasteiger charge is -2.45. The third kappa shape index (κ3) is 5.46. The predicted octanol–water partition coefficient (Wildman–Crippen LogP) is 5.18. The Labute approximate surface area is 271 Å². The fourth-order valence-electron chi connectivity index (χ4n) is 7.71. The number of fused-ring (bicyclic) bond motifs is 2. The second-order valence-electron chi connectivity index (χ2n) is 13.0. The molecule has 5 atom stereocenters. The van der Waals surface area contributed by atoms with Gasteiger partial charge in [0.05, 0.1) is 28.8 Å². The maximum Gasteiger partial charge on any atom is 0.350 e. The van der Waals surface area contributed by atoms with Crippen molar-refractivity contribution in [1.82, 2.24) is 19.4 Å². The van der Waals surface area contributed by atoms with Gasteiger partial charge in [-0.2, -0.15) is 4.98 Å². The first kappa shape index (κ1) is 31.1. The van der Waals surface area contributed by atoms with Crippen LogP contribution in [0.1, 0.15) is 45.6 Å². The summed E-state index contributed by atoms with van der Waals surface area (Å²) in [5.41, 5.74) is 0.406. The maximum atomic E-state index is 15.2. The van der Waals surface area contributed by atoms with Crippen molar-refractivity contribution in [2.24, 2.45) is 0 Å². The molecule has 7 rings (SSSR count). The molecule has 2 aromatic carbocycles. The Kier molecular flexibility index (Phi) is 8.27. The zero-order valence-corrected chi connectivity index (χ0v) is 26.8. The van der Waals surface area contributed by atoms with Gasteiger partial charge in [0.2, 0.25) is 5.91 Å². The van der Waals surface area contributed by atoms with Crippen LogP contribution in [0, 0.1) is 11.6 Å². The SMILES string of the molecule is C=CC(=O)N1C[C@H](C)N(c2nc(=O)n3c4c(c(-c5ccc(F)cc5F)c(Cl)cc24)OC[C@H]3CCCN2CC3CCC(C2)O3)C[C@H]1C. The van der Waals surface area contributed by atoms with Crippen LogP contribution in [-0.4, -0.2) is 88.9 Å². The van der Waals surface area contributed by atoms with E-state index in [0.717, 1.165) is 45.0 Å². The van der Waals surface area contributed by atoms with E-state index in [2.05, 4.69) is 16.5 Å². The van der Waals surface area contributed by atoms with Gasteiger partial charge in [-0.25, -0.2) is 13.6 Å². The molecule has 0 spiro atoms. The largest absolute Gasteiger partial charge is 0.488 e. The van der Waals surface area contributed by atoms with Gasteiger partial charge in [-0.3, -0.25) is 14.3 Å². The van der Waals surface area contributed by atoms with Crippen molar-refractivity contribution in [1.29, 1.82) is 0 Å². The molecule has 12 heteroatoms. The van der Waals surface area contributed by atoms with E-state index in [1.807, 2.05) is 18.7 Å². The number of piperazine rings is 1. The molecular weight excluding hydrogens is 616 g/mol.